The van der Waals surface area contributed by atoms with Crippen LogP contribution in [0.25, 0.3) is 0 Å². The van der Waals surface area contributed by atoms with E-state index in [1.165, 1.54) is 12.8 Å². The molecule has 0 aromatic carbocycles. The monoisotopic (exact) mass is 275 g/mol. The summed E-state index contributed by atoms with van der Waals surface area (Å²) < 4.78 is 0. The summed E-state index contributed by atoms with van der Waals surface area (Å²) in [6.45, 7) is 11.0. The predicted molar refractivity (Wildman–Crippen MR) is 82.0 cm³/mol. The van der Waals surface area contributed by atoms with E-state index in [2.05, 4.69) is 35.6 Å². The molecule has 5 heteroatoms. The molecule has 1 aromatic rings. The lowest BCUT2D eigenvalue weighted by atomic mass is 10.1. The third-order valence-corrected chi connectivity index (χ3v) is 4.24. The van der Waals surface area contributed by atoms with Crippen LogP contribution >= 0.6 is 0 Å². The van der Waals surface area contributed by atoms with E-state index in [1.54, 1.807) is 0 Å². The zero-order valence-corrected chi connectivity index (χ0v) is 12.8. The number of nitrogens with two attached hydrogens (primary N) is 1. The molecule has 1 aromatic heterocycles. The maximum Gasteiger partial charge on any atom is 0.136 e. The summed E-state index contributed by atoms with van der Waals surface area (Å²) in [5, 5.41) is 0. The van der Waals surface area contributed by atoms with Gasteiger partial charge >= 0.3 is 0 Å². The van der Waals surface area contributed by atoms with Gasteiger partial charge in [0.05, 0.1) is 0 Å². The highest BCUT2D eigenvalue weighted by atomic mass is 15.3. The first kappa shape index (κ1) is 13.6. The van der Waals surface area contributed by atoms with Crippen molar-refractivity contribution in [1.29, 1.82) is 0 Å². The van der Waals surface area contributed by atoms with Gasteiger partial charge in [0, 0.05) is 43.7 Å². The number of hydrogen-bond donors (Lipinski definition) is 1. The van der Waals surface area contributed by atoms with Crippen molar-refractivity contribution in [3.8, 4) is 0 Å². The first-order chi connectivity index (χ1) is 9.43. The van der Waals surface area contributed by atoms with Gasteiger partial charge in [-0.15, -0.1) is 0 Å². The topological polar surface area (TPSA) is 58.3 Å². The fourth-order valence-corrected chi connectivity index (χ4v) is 2.76. The lowest BCUT2D eigenvalue weighted by Crippen LogP contribution is -2.53. The molecule has 1 aliphatic carbocycles. The highest BCUT2D eigenvalue weighted by molar-refractivity contribution is 5.48. The number of nitrogen functional groups attached to an aromatic ring is 1. The molecule has 1 saturated heterocycles. The Hall–Kier alpha value is -1.36. The maximum atomic E-state index is 5.94. The second-order valence-corrected chi connectivity index (χ2v) is 6.93. The number of rotatable bonds is 2. The lowest BCUT2D eigenvalue weighted by Gasteiger charge is -2.42. The summed E-state index contributed by atoms with van der Waals surface area (Å²) in [4.78, 5) is 14.0. The average Bonchev–Trinajstić information content (AvgIpc) is 3.21. The lowest BCUT2D eigenvalue weighted by molar-refractivity contribution is 0.128. The van der Waals surface area contributed by atoms with Crippen molar-refractivity contribution in [3.63, 3.8) is 0 Å². The van der Waals surface area contributed by atoms with Crippen LogP contribution in [0.4, 0.5) is 11.6 Å². The standard InChI is InChI=1S/C15H25N5/c1-15(2,3)20-8-6-19(7-9-20)13-10-12(16)17-14(18-13)11-4-5-11/h10-11H,4-9H2,1-3H3,(H2,16,17,18). The van der Waals surface area contributed by atoms with Crippen molar-refractivity contribution in [1.82, 2.24) is 14.9 Å². The fourth-order valence-electron chi connectivity index (χ4n) is 2.76. The van der Waals surface area contributed by atoms with Crippen LogP contribution in [0.3, 0.4) is 0 Å². The molecular weight excluding hydrogens is 250 g/mol. The van der Waals surface area contributed by atoms with Gasteiger partial charge in [0.2, 0.25) is 0 Å². The van der Waals surface area contributed by atoms with E-state index in [0.717, 1.165) is 37.8 Å². The Labute approximate surface area is 121 Å². The van der Waals surface area contributed by atoms with Crippen molar-refractivity contribution in [2.75, 3.05) is 36.8 Å². The zero-order chi connectivity index (χ0) is 14.3. The van der Waals surface area contributed by atoms with Crippen molar-refractivity contribution < 1.29 is 0 Å². The number of hydrogen-bond acceptors (Lipinski definition) is 5. The fraction of sp³-hybridized carbons (Fsp3) is 0.733. The predicted octanol–water partition coefficient (Wildman–Crippen LogP) is 1.86. The minimum absolute atomic E-state index is 0.246. The minimum Gasteiger partial charge on any atom is -0.384 e. The number of nitrogens with zero attached hydrogens (tertiary/aromatic N) is 4. The van der Waals surface area contributed by atoms with E-state index in [9.17, 15) is 0 Å². The van der Waals surface area contributed by atoms with E-state index in [0.29, 0.717) is 11.7 Å². The van der Waals surface area contributed by atoms with Gasteiger partial charge in [0.1, 0.15) is 17.5 Å². The Morgan fingerprint density at radius 2 is 1.75 bits per heavy atom. The molecule has 3 rings (SSSR count). The molecule has 2 fully saturated rings. The van der Waals surface area contributed by atoms with Gasteiger partial charge in [0.25, 0.3) is 0 Å². The molecule has 2 N–H and O–H groups in total. The highest BCUT2D eigenvalue weighted by Crippen LogP contribution is 2.39. The number of piperazine rings is 1. The first-order valence-electron chi connectivity index (χ1n) is 7.58. The summed E-state index contributed by atoms with van der Waals surface area (Å²) in [5.41, 5.74) is 6.19. The van der Waals surface area contributed by atoms with E-state index >= 15 is 0 Å². The van der Waals surface area contributed by atoms with Gasteiger partial charge in [-0.05, 0) is 33.6 Å². The molecule has 1 aliphatic heterocycles. The second-order valence-electron chi connectivity index (χ2n) is 6.93. The van der Waals surface area contributed by atoms with E-state index in [1.807, 2.05) is 6.07 Å². The van der Waals surface area contributed by atoms with Crippen molar-refractivity contribution in [2.24, 2.45) is 0 Å². The Morgan fingerprint density at radius 3 is 2.30 bits per heavy atom. The molecule has 5 nitrogen and oxygen atoms in total. The molecule has 0 radical (unpaired) electrons. The van der Waals surface area contributed by atoms with Crippen LogP contribution in [0.1, 0.15) is 45.4 Å². The normalized spacial score (nSPS) is 21.2. The van der Waals surface area contributed by atoms with E-state index in [4.69, 9.17) is 10.7 Å². The summed E-state index contributed by atoms with van der Waals surface area (Å²) in [5.74, 6) is 3.11. The highest BCUT2D eigenvalue weighted by Gasteiger charge is 2.29. The smallest absolute Gasteiger partial charge is 0.136 e. The zero-order valence-electron chi connectivity index (χ0n) is 12.8. The summed E-state index contributed by atoms with van der Waals surface area (Å²) in [6, 6.07) is 1.92. The van der Waals surface area contributed by atoms with Crippen LogP contribution in [-0.4, -0.2) is 46.6 Å². The SMILES string of the molecule is CC(C)(C)N1CCN(c2cc(N)nc(C3CC3)n2)CC1. The summed E-state index contributed by atoms with van der Waals surface area (Å²) >= 11 is 0. The Kier molecular flexibility index (Phi) is 3.32. The summed E-state index contributed by atoms with van der Waals surface area (Å²) in [6.07, 6.45) is 2.42. The maximum absolute atomic E-state index is 5.94. The molecule has 110 valence electrons. The van der Waals surface area contributed by atoms with Crippen LogP contribution in [0.5, 0.6) is 0 Å². The molecule has 0 amide bonds. The molecule has 20 heavy (non-hydrogen) atoms. The second kappa shape index (κ2) is 4.88. The third kappa shape index (κ3) is 2.87. The van der Waals surface area contributed by atoms with Gasteiger partial charge in [-0.25, -0.2) is 9.97 Å². The molecule has 2 heterocycles. The van der Waals surface area contributed by atoms with Gasteiger partial charge in [-0.2, -0.15) is 0 Å². The van der Waals surface area contributed by atoms with Gasteiger partial charge in [-0.3, -0.25) is 4.90 Å². The molecule has 0 unspecified atom stereocenters. The van der Waals surface area contributed by atoms with E-state index < -0.39 is 0 Å². The van der Waals surface area contributed by atoms with Crippen molar-refractivity contribution in [3.05, 3.63) is 11.9 Å². The number of aromatic nitrogens is 2. The summed E-state index contributed by atoms with van der Waals surface area (Å²) in [7, 11) is 0. The van der Waals surface area contributed by atoms with Crippen LogP contribution in [0.15, 0.2) is 6.07 Å². The van der Waals surface area contributed by atoms with Gasteiger partial charge in [0.15, 0.2) is 0 Å². The van der Waals surface area contributed by atoms with Crippen LogP contribution in [0.2, 0.25) is 0 Å². The van der Waals surface area contributed by atoms with Crippen LogP contribution in [0, 0.1) is 0 Å². The quantitative estimate of drug-likeness (QED) is 0.892. The molecule has 0 spiro atoms. The van der Waals surface area contributed by atoms with Gasteiger partial charge in [-0.1, -0.05) is 0 Å². The molecular formula is C15H25N5. The van der Waals surface area contributed by atoms with Crippen LogP contribution < -0.4 is 10.6 Å². The van der Waals surface area contributed by atoms with Crippen molar-refractivity contribution >= 4 is 11.6 Å². The molecule has 0 bridgehead atoms. The third-order valence-electron chi connectivity index (χ3n) is 4.24. The molecule has 2 aliphatic rings. The van der Waals surface area contributed by atoms with E-state index in [-0.39, 0.29) is 5.54 Å². The largest absolute Gasteiger partial charge is 0.384 e. The minimum atomic E-state index is 0.246. The molecule has 1 saturated carbocycles. The number of anilines is 2. The molecule has 0 atom stereocenters. The Morgan fingerprint density at radius 1 is 1.10 bits per heavy atom. The Balaban J connectivity index is 1.71. The van der Waals surface area contributed by atoms with Crippen molar-refractivity contribution in [2.45, 2.75) is 45.1 Å². The van der Waals surface area contributed by atoms with Crippen LogP contribution in [-0.2, 0) is 0 Å². The average molecular weight is 275 g/mol. The Bertz CT molecular complexity index is 482. The van der Waals surface area contributed by atoms with Gasteiger partial charge < -0.3 is 10.6 Å². The first-order valence-corrected chi connectivity index (χ1v) is 7.58.